The van der Waals surface area contributed by atoms with Crippen molar-refractivity contribution >= 4 is 22.8 Å². The first-order chi connectivity index (χ1) is 11.0. The minimum atomic E-state index is -0.931. The van der Waals surface area contributed by atoms with E-state index in [2.05, 4.69) is 10.3 Å². The van der Waals surface area contributed by atoms with Gasteiger partial charge in [-0.1, -0.05) is 18.2 Å². The molecule has 1 aliphatic rings. The van der Waals surface area contributed by atoms with Crippen LogP contribution in [0.3, 0.4) is 0 Å². The van der Waals surface area contributed by atoms with E-state index in [0.29, 0.717) is 13.0 Å². The van der Waals surface area contributed by atoms with Crippen LogP contribution >= 0.6 is 0 Å². The molecule has 1 unspecified atom stereocenters. The number of hydrogen-bond acceptors (Lipinski definition) is 3. The molecule has 0 aliphatic carbocycles. The Morgan fingerprint density at radius 3 is 2.87 bits per heavy atom. The fraction of sp³-hybridized carbons (Fsp3) is 0.412. The Hall–Kier alpha value is -2.34. The topological polar surface area (TPSA) is 91.4 Å². The summed E-state index contributed by atoms with van der Waals surface area (Å²) in [5.74, 6) is -1.11. The van der Waals surface area contributed by atoms with Gasteiger partial charge in [0.25, 0.3) is 0 Å². The van der Waals surface area contributed by atoms with Crippen molar-refractivity contribution in [2.45, 2.75) is 31.7 Å². The summed E-state index contributed by atoms with van der Waals surface area (Å²) in [5, 5.41) is 13.0. The summed E-state index contributed by atoms with van der Waals surface area (Å²) in [7, 11) is 0. The number of aromatic amines is 1. The van der Waals surface area contributed by atoms with Crippen LogP contribution in [0.2, 0.25) is 0 Å². The second-order valence-electron chi connectivity index (χ2n) is 6.15. The molecule has 0 spiro atoms. The lowest BCUT2D eigenvalue weighted by Crippen LogP contribution is -2.51. The largest absolute Gasteiger partial charge is 0.481 e. The Morgan fingerprint density at radius 2 is 2.17 bits per heavy atom. The SMILES string of the molecule is Cc1[nH]c2ccccc2c1CC(=O)NC1(CC(=O)O)CCOC1. The number of aryl methyl sites for hydroxylation is 1. The molecule has 1 saturated heterocycles. The number of para-hydroxylation sites is 1. The van der Waals surface area contributed by atoms with Crippen molar-refractivity contribution < 1.29 is 19.4 Å². The molecule has 1 aliphatic heterocycles. The van der Waals surface area contributed by atoms with Gasteiger partial charge >= 0.3 is 5.97 Å². The van der Waals surface area contributed by atoms with Gasteiger partial charge in [-0.05, 0) is 25.0 Å². The van der Waals surface area contributed by atoms with Gasteiger partial charge < -0.3 is 20.1 Å². The number of carboxylic acids is 1. The number of amides is 1. The summed E-state index contributed by atoms with van der Waals surface area (Å²) >= 11 is 0. The van der Waals surface area contributed by atoms with E-state index in [-0.39, 0.29) is 25.4 Å². The van der Waals surface area contributed by atoms with Gasteiger partial charge in [0.15, 0.2) is 0 Å². The Morgan fingerprint density at radius 1 is 1.39 bits per heavy atom. The first kappa shape index (κ1) is 15.6. The third-order valence-corrected chi connectivity index (χ3v) is 4.36. The number of aliphatic carboxylic acids is 1. The highest BCUT2D eigenvalue weighted by molar-refractivity contribution is 5.90. The molecule has 6 nitrogen and oxygen atoms in total. The van der Waals surface area contributed by atoms with Crippen molar-refractivity contribution in [3.63, 3.8) is 0 Å². The first-order valence-corrected chi connectivity index (χ1v) is 7.66. The number of H-pyrrole nitrogens is 1. The summed E-state index contributed by atoms with van der Waals surface area (Å²) in [4.78, 5) is 26.8. The lowest BCUT2D eigenvalue weighted by molar-refractivity contribution is -0.139. The maximum absolute atomic E-state index is 12.5. The number of nitrogens with one attached hydrogen (secondary N) is 2. The van der Waals surface area contributed by atoms with Gasteiger partial charge in [-0.15, -0.1) is 0 Å². The summed E-state index contributed by atoms with van der Waals surface area (Å²) in [6.45, 7) is 2.66. The molecule has 3 N–H and O–H groups in total. The summed E-state index contributed by atoms with van der Waals surface area (Å²) in [6.07, 6.45) is 0.626. The molecule has 0 saturated carbocycles. The van der Waals surface area contributed by atoms with Gasteiger partial charge in [-0.2, -0.15) is 0 Å². The standard InChI is InChI=1S/C17H20N2O4/c1-11-13(12-4-2-3-5-14(12)18-11)8-15(20)19-17(9-16(21)22)6-7-23-10-17/h2-5,18H,6-10H2,1H3,(H,19,20)(H,21,22). The number of carbonyl (C=O) groups excluding carboxylic acids is 1. The molecule has 23 heavy (non-hydrogen) atoms. The number of ether oxygens (including phenoxy) is 1. The van der Waals surface area contributed by atoms with Crippen LogP contribution in [0.15, 0.2) is 24.3 Å². The van der Waals surface area contributed by atoms with Crippen LogP contribution in [0.4, 0.5) is 0 Å². The lowest BCUT2D eigenvalue weighted by Gasteiger charge is -2.27. The Labute approximate surface area is 133 Å². The maximum Gasteiger partial charge on any atom is 0.305 e. The summed E-state index contributed by atoms with van der Waals surface area (Å²) in [5.41, 5.74) is 2.11. The number of carbonyl (C=O) groups is 2. The number of aromatic nitrogens is 1. The van der Waals surface area contributed by atoms with Gasteiger partial charge in [0.05, 0.1) is 25.0 Å². The highest BCUT2D eigenvalue weighted by Gasteiger charge is 2.38. The van der Waals surface area contributed by atoms with Crippen molar-refractivity contribution in [3.05, 3.63) is 35.5 Å². The van der Waals surface area contributed by atoms with E-state index in [1.165, 1.54) is 0 Å². The highest BCUT2D eigenvalue weighted by atomic mass is 16.5. The summed E-state index contributed by atoms with van der Waals surface area (Å²) < 4.78 is 5.31. The minimum absolute atomic E-state index is 0.119. The molecule has 6 heteroatoms. The van der Waals surface area contributed by atoms with Gasteiger partial charge in [-0.25, -0.2) is 0 Å². The van der Waals surface area contributed by atoms with E-state index >= 15 is 0 Å². The highest BCUT2D eigenvalue weighted by Crippen LogP contribution is 2.25. The average molecular weight is 316 g/mol. The van der Waals surface area contributed by atoms with Crippen LogP contribution in [0, 0.1) is 6.92 Å². The molecule has 0 radical (unpaired) electrons. The number of hydrogen-bond donors (Lipinski definition) is 3. The minimum Gasteiger partial charge on any atom is -0.481 e. The Kier molecular flexibility index (Phi) is 4.09. The van der Waals surface area contributed by atoms with Crippen LogP contribution in [0.25, 0.3) is 10.9 Å². The smallest absolute Gasteiger partial charge is 0.305 e. The van der Waals surface area contributed by atoms with E-state index in [1.54, 1.807) is 0 Å². The van der Waals surface area contributed by atoms with Crippen LogP contribution in [0.5, 0.6) is 0 Å². The van der Waals surface area contributed by atoms with Crippen molar-refractivity contribution in [2.24, 2.45) is 0 Å². The predicted octanol–water partition coefficient (Wildman–Crippen LogP) is 1.77. The molecule has 1 atom stereocenters. The molecule has 1 aromatic heterocycles. The molecule has 1 amide bonds. The van der Waals surface area contributed by atoms with Crippen molar-refractivity contribution in [3.8, 4) is 0 Å². The lowest BCUT2D eigenvalue weighted by atomic mass is 9.93. The van der Waals surface area contributed by atoms with Crippen LogP contribution in [0.1, 0.15) is 24.1 Å². The van der Waals surface area contributed by atoms with Crippen LogP contribution in [-0.2, 0) is 20.7 Å². The normalized spacial score (nSPS) is 20.7. The maximum atomic E-state index is 12.5. The zero-order valence-corrected chi connectivity index (χ0v) is 13.0. The molecule has 0 bridgehead atoms. The van der Waals surface area contributed by atoms with Crippen molar-refractivity contribution in [1.82, 2.24) is 10.3 Å². The molecule has 3 rings (SSSR count). The molecule has 2 aromatic rings. The Balaban J connectivity index is 1.78. The van der Waals surface area contributed by atoms with Gasteiger partial charge in [0.1, 0.15) is 0 Å². The van der Waals surface area contributed by atoms with E-state index in [0.717, 1.165) is 22.2 Å². The van der Waals surface area contributed by atoms with E-state index in [4.69, 9.17) is 9.84 Å². The van der Waals surface area contributed by atoms with Crippen molar-refractivity contribution in [1.29, 1.82) is 0 Å². The number of carboxylic acid groups (broad SMARTS) is 1. The fourth-order valence-corrected chi connectivity index (χ4v) is 3.24. The van der Waals surface area contributed by atoms with Crippen LogP contribution < -0.4 is 5.32 Å². The molecule has 122 valence electrons. The molecular formula is C17H20N2O4. The van der Waals surface area contributed by atoms with Gasteiger partial charge in [0.2, 0.25) is 5.91 Å². The molecule has 2 heterocycles. The van der Waals surface area contributed by atoms with Crippen LogP contribution in [-0.4, -0.2) is 40.7 Å². The Bertz CT molecular complexity index is 744. The van der Waals surface area contributed by atoms with Crippen molar-refractivity contribution in [2.75, 3.05) is 13.2 Å². The van der Waals surface area contributed by atoms with E-state index < -0.39 is 11.5 Å². The zero-order valence-electron chi connectivity index (χ0n) is 13.0. The zero-order chi connectivity index (χ0) is 16.4. The van der Waals surface area contributed by atoms with E-state index in [9.17, 15) is 9.59 Å². The van der Waals surface area contributed by atoms with Gasteiger partial charge in [-0.3, -0.25) is 9.59 Å². The average Bonchev–Trinajstić information content (AvgIpc) is 3.04. The molecular weight excluding hydrogens is 296 g/mol. The monoisotopic (exact) mass is 316 g/mol. The molecule has 1 aromatic carbocycles. The fourth-order valence-electron chi connectivity index (χ4n) is 3.24. The van der Waals surface area contributed by atoms with E-state index in [1.807, 2.05) is 31.2 Å². The quantitative estimate of drug-likeness (QED) is 0.784. The second-order valence-corrected chi connectivity index (χ2v) is 6.15. The third kappa shape index (κ3) is 3.22. The number of benzene rings is 1. The third-order valence-electron chi connectivity index (χ3n) is 4.36. The number of rotatable bonds is 5. The first-order valence-electron chi connectivity index (χ1n) is 7.66. The molecule has 1 fully saturated rings. The number of fused-ring (bicyclic) bond motifs is 1. The predicted molar refractivity (Wildman–Crippen MR) is 85.3 cm³/mol. The van der Waals surface area contributed by atoms with Gasteiger partial charge in [0, 0.05) is 23.2 Å². The second kappa shape index (κ2) is 6.04. The summed E-state index contributed by atoms with van der Waals surface area (Å²) in [6, 6.07) is 7.83.